The molecule has 9 nitrogen and oxygen atoms in total. The topological polar surface area (TPSA) is 110 Å². The Bertz CT molecular complexity index is 951. The van der Waals surface area contributed by atoms with Gasteiger partial charge in [-0.2, -0.15) is 0 Å². The molecule has 0 unspecified atom stereocenters. The lowest BCUT2D eigenvalue weighted by molar-refractivity contribution is -0.177. The Labute approximate surface area is 192 Å². The molecule has 32 heavy (non-hydrogen) atoms. The monoisotopic (exact) mass is 460 g/mol. The second kappa shape index (κ2) is 10.1. The number of carbonyl (C=O) groups excluding carboxylic acids is 1. The molecule has 2 atom stereocenters. The molecule has 0 bridgehead atoms. The average molecular weight is 461 g/mol. The normalized spacial score (nSPS) is 22.8. The third kappa shape index (κ3) is 5.92. The number of hydrogen-bond donors (Lipinski definition) is 3. The summed E-state index contributed by atoms with van der Waals surface area (Å²) in [5.74, 6) is 0.932. The fraction of sp³-hybridized carbons (Fsp3) is 0.545. The molecule has 3 N–H and O–H groups in total. The average Bonchev–Trinajstić information content (AvgIpc) is 2.79. The van der Waals surface area contributed by atoms with E-state index in [9.17, 15) is 4.79 Å². The van der Waals surface area contributed by atoms with Crippen molar-refractivity contribution in [1.82, 2.24) is 20.3 Å². The molecule has 172 valence electrons. The minimum Gasteiger partial charge on any atom is -0.376 e. The smallest absolute Gasteiger partial charge is 0.229 e. The zero-order valence-corrected chi connectivity index (χ0v) is 19.1. The standard InChI is InChI=1S/C22H29ClN6O3/c1-22(2)13-31-12-15(32-22)8-26-20-11-25-10-18(28-20)16-6-19(27-9-17(16)23)29-21(30)14-4-3-5-24-7-14/h6,9-11,14-15,24H,3-5,7-8,12-13H2,1-2H3,(H,26,28)(H,27,29,30)/t14-,15-/m1/s1. The molecule has 0 saturated carbocycles. The number of halogens is 1. The predicted octanol–water partition coefficient (Wildman–Crippen LogP) is 2.74. The van der Waals surface area contributed by atoms with E-state index in [1.54, 1.807) is 18.5 Å². The lowest BCUT2D eigenvalue weighted by Gasteiger charge is -2.35. The summed E-state index contributed by atoms with van der Waals surface area (Å²) >= 11 is 6.39. The number of rotatable bonds is 6. The lowest BCUT2D eigenvalue weighted by atomic mass is 9.99. The summed E-state index contributed by atoms with van der Waals surface area (Å²) in [7, 11) is 0. The van der Waals surface area contributed by atoms with Gasteiger partial charge in [0.1, 0.15) is 11.6 Å². The van der Waals surface area contributed by atoms with E-state index < -0.39 is 0 Å². The fourth-order valence-electron chi connectivity index (χ4n) is 3.86. The van der Waals surface area contributed by atoms with Gasteiger partial charge in [0.2, 0.25) is 5.91 Å². The molecule has 2 aromatic rings. The molecule has 1 amide bonds. The molecule has 2 aromatic heterocycles. The van der Waals surface area contributed by atoms with Crippen molar-refractivity contribution in [3.8, 4) is 11.3 Å². The SMILES string of the molecule is CC1(C)COC[C@@H](CNc2cncc(-c3cc(NC(=O)[C@@H]4CCCNC4)ncc3Cl)n2)O1. The minimum absolute atomic E-state index is 0.0444. The van der Waals surface area contributed by atoms with Crippen molar-refractivity contribution in [1.29, 1.82) is 0 Å². The first kappa shape index (κ1) is 22.8. The first-order valence-electron chi connectivity index (χ1n) is 10.9. The van der Waals surface area contributed by atoms with Crippen LogP contribution in [0.1, 0.15) is 26.7 Å². The van der Waals surface area contributed by atoms with E-state index >= 15 is 0 Å². The molecular formula is C22H29ClN6O3. The molecule has 0 spiro atoms. The van der Waals surface area contributed by atoms with Gasteiger partial charge in [0, 0.05) is 24.8 Å². The number of amides is 1. The minimum atomic E-state index is -0.308. The van der Waals surface area contributed by atoms with Gasteiger partial charge < -0.3 is 25.4 Å². The molecule has 10 heteroatoms. The van der Waals surface area contributed by atoms with E-state index in [4.69, 9.17) is 21.1 Å². The Balaban J connectivity index is 1.43. The molecule has 0 radical (unpaired) electrons. The van der Waals surface area contributed by atoms with Crippen molar-refractivity contribution in [2.45, 2.75) is 38.4 Å². The molecule has 4 rings (SSSR count). The van der Waals surface area contributed by atoms with E-state index in [2.05, 4.69) is 30.9 Å². The maximum absolute atomic E-state index is 12.6. The zero-order chi connectivity index (χ0) is 22.6. The molecular weight excluding hydrogens is 432 g/mol. The van der Waals surface area contributed by atoms with Crippen LogP contribution in [0.5, 0.6) is 0 Å². The second-order valence-corrected chi connectivity index (χ2v) is 9.17. The third-order valence-corrected chi connectivity index (χ3v) is 5.74. The van der Waals surface area contributed by atoms with Crippen LogP contribution in [0.4, 0.5) is 11.6 Å². The molecule has 2 saturated heterocycles. The van der Waals surface area contributed by atoms with Gasteiger partial charge in [-0.25, -0.2) is 9.97 Å². The summed E-state index contributed by atoms with van der Waals surface area (Å²) in [4.78, 5) is 25.7. The van der Waals surface area contributed by atoms with Crippen LogP contribution in [0.25, 0.3) is 11.3 Å². The van der Waals surface area contributed by atoms with Crippen LogP contribution >= 0.6 is 11.6 Å². The number of nitrogens with one attached hydrogen (secondary N) is 3. The van der Waals surface area contributed by atoms with E-state index in [-0.39, 0.29) is 23.5 Å². The predicted molar refractivity (Wildman–Crippen MR) is 123 cm³/mol. The summed E-state index contributed by atoms with van der Waals surface area (Å²) in [6.45, 7) is 7.29. The van der Waals surface area contributed by atoms with E-state index in [0.29, 0.717) is 54.2 Å². The van der Waals surface area contributed by atoms with Crippen molar-refractivity contribution in [3.05, 3.63) is 29.7 Å². The van der Waals surface area contributed by atoms with Crippen LogP contribution < -0.4 is 16.0 Å². The number of piperidine rings is 1. The number of hydrogen-bond acceptors (Lipinski definition) is 8. The van der Waals surface area contributed by atoms with Crippen LogP contribution in [-0.4, -0.2) is 65.4 Å². The summed E-state index contributed by atoms with van der Waals surface area (Å²) < 4.78 is 11.6. The van der Waals surface area contributed by atoms with Crippen molar-refractivity contribution in [2.75, 3.05) is 43.5 Å². The van der Waals surface area contributed by atoms with Crippen LogP contribution in [0.3, 0.4) is 0 Å². The summed E-state index contributed by atoms with van der Waals surface area (Å²) in [5, 5.41) is 9.83. The maximum Gasteiger partial charge on any atom is 0.229 e. The van der Waals surface area contributed by atoms with Crippen molar-refractivity contribution < 1.29 is 14.3 Å². The first-order chi connectivity index (χ1) is 15.4. The Morgan fingerprint density at radius 3 is 2.97 bits per heavy atom. The van der Waals surface area contributed by atoms with Gasteiger partial charge >= 0.3 is 0 Å². The van der Waals surface area contributed by atoms with E-state index in [0.717, 1.165) is 19.4 Å². The largest absolute Gasteiger partial charge is 0.376 e. The van der Waals surface area contributed by atoms with Gasteiger partial charge in [0.05, 0.1) is 53.9 Å². The lowest BCUT2D eigenvalue weighted by Crippen LogP contribution is -2.45. The second-order valence-electron chi connectivity index (χ2n) is 8.77. The molecule has 2 aliphatic rings. The maximum atomic E-state index is 12.6. The van der Waals surface area contributed by atoms with Crippen LogP contribution in [0.2, 0.25) is 5.02 Å². The number of nitrogens with zero attached hydrogens (tertiary/aromatic N) is 3. The van der Waals surface area contributed by atoms with Crippen molar-refractivity contribution in [2.24, 2.45) is 5.92 Å². The molecule has 4 heterocycles. The Morgan fingerprint density at radius 1 is 1.31 bits per heavy atom. The number of ether oxygens (including phenoxy) is 2. The number of carbonyl (C=O) groups is 1. The quantitative estimate of drug-likeness (QED) is 0.603. The summed E-state index contributed by atoms with van der Waals surface area (Å²) in [5.41, 5.74) is 0.920. The Hall–Kier alpha value is -2.33. The van der Waals surface area contributed by atoms with Crippen molar-refractivity contribution >= 4 is 29.1 Å². The Kier molecular flexibility index (Phi) is 7.20. The number of aromatic nitrogens is 3. The van der Waals surface area contributed by atoms with Gasteiger partial charge in [-0.05, 0) is 39.3 Å². The molecule has 0 aliphatic carbocycles. The van der Waals surface area contributed by atoms with Gasteiger partial charge in [-0.1, -0.05) is 11.6 Å². The van der Waals surface area contributed by atoms with Crippen LogP contribution in [0.15, 0.2) is 24.7 Å². The van der Waals surface area contributed by atoms with Gasteiger partial charge in [0.15, 0.2) is 0 Å². The van der Waals surface area contributed by atoms with Gasteiger partial charge in [-0.3, -0.25) is 9.78 Å². The highest BCUT2D eigenvalue weighted by atomic mass is 35.5. The highest BCUT2D eigenvalue weighted by Gasteiger charge is 2.29. The third-order valence-electron chi connectivity index (χ3n) is 5.43. The fourth-order valence-corrected chi connectivity index (χ4v) is 4.06. The van der Waals surface area contributed by atoms with Crippen molar-refractivity contribution in [3.63, 3.8) is 0 Å². The van der Waals surface area contributed by atoms with Crippen LogP contribution in [0, 0.1) is 5.92 Å². The van der Waals surface area contributed by atoms with Gasteiger partial charge in [0.25, 0.3) is 0 Å². The van der Waals surface area contributed by atoms with E-state index in [1.807, 2.05) is 13.8 Å². The first-order valence-corrected chi connectivity index (χ1v) is 11.3. The van der Waals surface area contributed by atoms with Crippen LogP contribution in [-0.2, 0) is 14.3 Å². The number of pyridine rings is 1. The highest BCUT2D eigenvalue weighted by molar-refractivity contribution is 6.33. The van der Waals surface area contributed by atoms with Gasteiger partial charge in [-0.15, -0.1) is 0 Å². The number of anilines is 2. The van der Waals surface area contributed by atoms with E-state index in [1.165, 1.54) is 6.20 Å². The summed E-state index contributed by atoms with van der Waals surface area (Å²) in [6.07, 6.45) is 6.57. The molecule has 2 fully saturated rings. The Morgan fingerprint density at radius 2 is 2.19 bits per heavy atom. The molecule has 2 aliphatic heterocycles. The molecule has 0 aromatic carbocycles. The highest BCUT2D eigenvalue weighted by Crippen LogP contribution is 2.28. The zero-order valence-electron chi connectivity index (χ0n) is 18.4. The summed E-state index contributed by atoms with van der Waals surface area (Å²) in [6, 6.07) is 1.73.